The number of carbonyl (C=O) groups excluding carboxylic acids is 1. The first-order valence-corrected chi connectivity index (χ1v) is 7.04. The van der Waals surface area contributed by atoms with Crippen LogP contribution in [0.3, 0.4) is 0 Å². The minimum atomic E-state index is -0.833. The Hall–Kier alpha value is -1.62. The summed E-state index contributed by atoms with van der Waals surface area (Å²) < 4.78 is 12.8. The van der Waals surface area contributed by atoms with Gasteiger partial charge in [-0.05, 0) is 43.4 Å². The lowest BCUT2D eigenvalue weighted by molar-refractivity contribution is 0.170. The van der Waals surface area contributed by atoms with Gasteiger partial charge in [0.2, 0.25) is 0 Å². The van der Waals surface area contributed by atoms with Crippen LogP contribution in [0.25, 0.3) is 0 Å². The zero-order valence-electron chi connectivity index (χ0n) is 11.6. The van der Waals surface area contributed by atoms with Crippen molar-refractivity contribution in [3.05, 3.63) is 35.6 Å². The summed E-state index contributed by atoms with van der Waals surface area (Å²) in [7, 11) is 0. The molecule has 0 bridgehead atoms. The number of aliphatic hydroxyl groups excluding tert-OH is 1. The number of urea groups is 1. The monoisotopic (exact) mass is 280 g/mol. The van der Waals surface area contributed by atoms with E-state index in [4.69, 9.17) is 0 Å². The SMILES string of the molecule is CC(NC(=O)NCC(O)c1ccc(F)cc1)C1CCC1. The Balaban J connectivity index is 1.73. The second-order valence-corrected chi connectivity index (χ2v) is 5.40. The van der Waals surface area contributed by atoms with Gasteiger partial charge in [-0.15, -0.1) is 0 Å². The second kappa shape index (κ2) is 6.70. The maximum absolute atomic E-state index is 12.8. The van der Waals surface area contributed by atoms with Crippen LogP contribution >= 0.6 is 0 Å². The summed E-state index contributed by atoms with van der Waals surface area (Å²) in [6, 6.07) is 5.49. The summed E-state index contributed by atoms with van der Waals surface area (Å²) in [6.07, 6.45) is 2.74. The predicted octanol–water partition coefficient (Wildman–Crippen LogP) is 2.35. The van der Waals surface area contributed by atoms with Gasteiger partial charge in [0.15, 0.2) is 0 Å². The first-order valence-electron chi connectivity index (χ1n) is 7.04. The molecule has 0 radical (unpaired) electrons. The van der Waals surface area contributed by atoms with Crippen LogP contribution in [0.5, 0.6) is 0 Å². The molecule has 1 aromatic rings. The van der Waals surface area contributed by atoms with Crippen molar-refractivity contribution in [3.63, 3.8) is 0 Å². The summed E-state index contributed by atoms with van der Waals surface area (Å²) in [6.45, 7) is 2.11. The van der Waals surface area contributed by atoms with E-state index in [2.05, 4.69) is 10.6 Å². The van der Waals surface area contributed by atoms with Gasteiger partial charge in [0, 0.05) is 12.6 Å². The number of amides is 2. The largest absolute Gasteiger partial charge is 0.387 e. The summed E-state index contributed by atoms with van der Waals surface area (Å²) >= 11 is 0. The van der Waals surface area contributed by atoms with Gasteiger partial charge in [0.1, 0.15) is 5.82 Å². The van der Waals surface area contributed by atoms with Crippen LogP contribution in [0.1, 0.15) is 37.9 Å². The molecule has 0 heterocycles. The first kappa shape index (κ1) is 14.8. The number of hydrogen-bond acceptors (Lipinski definition) is 2. The van der Waals surface area contributed by atoms with Gasteiger partial charge in [-0.1, -0.05) is 18.6 Å². The molecule has 1 aliphatic rings. The highest BCUT2D eigenvalue weighted by Gasteiger charge is 2.24. The molecule has 0 saturated heterocycles. The predicted molar refractivity (Wildman–Crippen MR) is 74.7 cm³/mol. The highest BCUT2D eigenvalue weighted by molar-refractivity contribution is 5.74. The molecule has 0 spiro atoms. The number of halogens is 1. The van der Waals surface area contributed by atoms with Gasteiger partial charge in [-0.25, -0.2) is 9.18 Å². The zero-order chi connectivity index (χ0) is 14.5. The molecule has 110 valence electrons. The van der Waals surface area contributed by atoms with Crippen molar-refractivity contribution in [2.75, 3.05) is 6.54 Å². The molecular formula is C15H21FN2O2. The third-order valence-corrected chi connectivity index (χ3v) is 3.93. The van der Waals surface area contributed by atoms with Crippen molar-refractivity contribution in [1.29, 1.82) is 0 Å². The average Bonchev–Trinajstić information content (AvgIpc) is 2.34. The van der Waals surface area contributed by atoms with E-state index in [1.54, 1.807) is 0 Å². The van der Waals surface area contributed by atoms with Crippen molar-refractivity contribution in [3.8, 4) is 0 Å². The Morgan fingerprint density at radius 1 is 1.40 bits per heavy atom. The third-order valence-electron chi connectivity index (χ3n) is 3.93. The Kier molecular flexibility index (Phi) is 4.95. The fourth-order valence-electron chi connectivity index (χ4n) is 2.31. The van der Waals surface area contributed by atoms with E-state index in [0.29, 0.717) is 11.5 Å². The van der Waals surface area contributed by atoms with Gasteiger partial charge in [-0.2, -0.15) is 0 Å². The fourth-order valence-corrected chi connectivity index (χ4v) is 2.31. The van der Waals surface area contributed by atoms with E-state index in [-0.39, 0.29) is 24.4 Å². The van der Waals surface area contributed by atoms with Crippen LogP contribution in [0.4, 0.5) is 9.18 Å². The van der Waals surface area contributed by atoms with Crippen LogP contribution < -0.4 is 10.6 Å². The Morgan fingerprint density at radius 3 is 2.60 bits per heavy atom. The van der Waals surface area contributed by atoms with Crippen molar-refractivity contribution >= 4 is 6.03 Å². The smallest absolute Gasteiger partial charge is 0.315 e. The molecule has 1 fully saturated rings. The lowest BCUT2D eigenvalue weighted by Gasteiger charge is -2.31. The molecule has 5 heteroatoms. The molecule has 1 saturated carbocycles. The van der Waals surface area contributed by atoms with Crippen LogP contribution in [0.2, 0.25) is 0 Å². The Morgan fingerprint density at radius 2 is 2.05 bits per heavy atom. The molecule has 2 atom stereocenters. The first-order chi connectivity index (χ1) is 9.56. The maximum atomic E-state index is 12.8. The normalized spacial score (nSPS) is 17.9. The minimum Gasteiger partial charge on any atom is -0.387 e. The van der Waals surface area contributed by atoms with Crippen LogP contribution in [0.15, 0.2) is 24.3 Å². The van der Waals surface area contributed by atoms with Crippen molar-refractivity contribution in [2.45, 2.75) is 38.3 Å². The number of benzene rings is 1. The fraction of sp³-hybridized carbons (Fsp3) is 0.533. The second-order valence-electron chi connectivity index (χ2n) is 5.40. The lowest BCUT2D eigenvalue weighted by atomic mass is 9.80. The number of carbonyl (C=O) groups is 1. The van der Waals surface area contributed by atoms with E-state index in [1.165, 1.54) is 43.5 Å². The highest BCUT2D eigenvalue weighted by Crippen LogP contribution is 2.29. The van der Waals surface area contributed by atoms with E-state index in [1.807, 2.05) is 6.92 Å². The van der Waals surface area contributed by atoms with Gasteiger partial charge in [0.05, 0.1) is 6.10 Å². The van der Waals surface area contributed by atoms with Gasteiger partial charge in [0.25, 0.3) is 0 Å². The lowest BCUT2D eigenvalue weighted by Crippen LogP contribution is -2.46. The van der Waals surface area contributed by atoms with Gasteiger partial charge >= 0.3 is 6.03 Å². The number of hydrogen-bond donors (Lipinski definition) is 3. The van der Waals surface area contributed by atoms with Gasteiger partial charge < -0.3 is 15.7 Å². The molecule has 0 aliphatic heterocycles. The molecule has 2 unspecified atom stereocenters. The number of aliphatic hydroxyl groups is 1. The van der Waals surface area contributed by atoms with Crippen LogP contribution in [-0.4, -0.2) is 23.7 Å². The molecule has 2 rings (SSSR count). The molecule has 3 N–H and O–H groups in total. The Labute approximate surface area is 118 Å². The topological polar surface area (TPSA) is 61.4 Å². The summed E-state index contributed by atoms with van der Waals surface area (Å²) in [5, 5.41) is 15.4. The molecule has 2 amide bonds. The van der Waals surface area contributed by atoms with Crippen LogP contribution in [-0.2, 0) is 0 Å². The summed E-state index contributed by atoms with van der Waals surface area (Å²) in [5.74, 6) is 0.226. The molecule has 0 aromatic heterocycles. The summed E-state index contributed by atoms with van der Waals surface area (Å²) in [4.78, 5) is 11.7. The minimum absolute atomic E-state index is 0.106. The molecule has 1 aromatic carbocycles. The summed E-state index contributed by atoms with van der Waals surface area (Å²) in [5.41, 5.74) is 0.582. The molecule has 20 heavy (non-hydrogen) atoms. The van der Waals surface area contributed by atoms with E-state index < -0.39 is 6.10 Å². The standard InChI is InChI=1S/C15H21FN2O2/c1-10(11-3-2-4-11)18-15(20)17-9-14(19)12-5-7-13(16)8-6-12/h5-8,10-11,14,19H,2-4,9H2,1H3,(H2,17,18,20). The van der Waals surface area contributed by atoms with Crippen molar-refractivity contribution in [2.24, 2.45) is 5.92 Å². The molecule has 1 aliphatic carbocycles. The van der Waals surface area contributed by atoms with Crippen molar-refractivity contribution in [1.82, 2.24) is 10.6 Å². The third kappa shape index (κ3) is 3.93. The van der Waals surface area contributed by atoms with Crippen LogP contribution in [0, 0.1) is 11.7 Å². The zero-order valence-corrected chi connectivity index (χ0v) is 11.6. The van der Waals surface area contributed by atoms with Crippen molar-refractivity contribution < 1.29 is 14.3 Å². The maximum Gasteiger partial charge on any atom is 0.315 e. The Bertz CT molecular complexity index is 446. The molecular weight excluding hydrogens is 259 g/mol. The van der Waals surface area contributed by atoms with Gasteiger partial charge in [-0.3, -0.25) is 0 Å². The quantitative estimate of drug-likeness (QED) is 0.775. The van der Waals surface area contributed by atoms with E-state index >= 15 is 0 Å². The number of nitrogens with one attached hydrogen (secondary N) is 2. The average molecular weight is 280 g/mol. The molecule has 4 nitrogen and oxygen atoms in total. The van der Waals surface area contributed by atoms with E-state index in [0.717, 1.165) is 0 Å². The van der Waals surface area contributed by atoms with E-state index in [9.17, 15) is 14.3 Å². The highest BCUT2D eigenvalue weighted by atomic mass is 19.1. The number of rotatable bonds is 5.